The fourth-order valence-corrected chi connectivity index (χ4v) is 1.72. The van der Waals surface area contributed by atoms with E-state index in [1.807, 2.05) is 0 Å². The lowest BCUT2D eigenvalue weighted by atomic mass is 10.1. The summed E-state index contributed by atoms with van der Waals surface area (Å²) in [6.45, 7) is 10.8. The molecule has 2 atom stereocenters. The minimum atomic E-state index is 0.585. The molecule has 1 fully saturated rings. The smallest absolute Gasteiger partial charge is 0.0281 e. The second-order valence-electron chi connectivity index (χ2n) is 3.93. The summed E-state index contributed by atoms with van der Waals surface area (Å²) in [6.07, 6.45) is 2.58. The van der Waals surface area contributed by atoms with Crippen LogP contribution >= 0.6 is 0 Å². The van der Waals surface area contributed by atoms with Crippen LogP contribution in [0.4, 0.5) is 0 Å². The zero-order valence-electron chi connectivity index (χ0n) is 7.85. The van der Waals surface area contributed by atoms with Crippen LogP contribution in [0.2, 0.25) is 0 Å². The topological polar surface area (TPSA) is 12.0 Å². The third-order valence-electron chi connectivity index (χ3n) is 2.50. The second-order valence-corrected chi connectivity index (χ2v) is 3.93. The van der Waals surface area contributed by atoms with Crippen LogP contribution in [0.1, 0.15) is 33.6 Å². The summed E-state index contributed by atoms with van der Waals surface area (Å²) in [4.78, 5) is 0. The van der Waals surface area contributed by atoms with Crippen molar-refractivity contribution in [3.8, 4) is 0 Å². The molecule has 0 saturated heterocycles. The van der Waals surface area contributed by atoms with Gasteiger partial charge < -0.3 is 5.32 Å². The van der Waals surface area contributed by atoms with Gasteiger partial charge >= 0.3 is 0 Å². The lowest BCUT2D eigenvalue weighted by Crippen LogP contribution is -2.33. The van der Waals surface area contributed by atoms with Gasteiger partial charge in [-0.3, -0.25) is 0 Å². The molecule has 0 aromatic rings. The normalized spacial score (nSPS) is 31.8. The third kappa shape index (κ3) is 2.06. The SMILES string of the molecule is C=C1C(C)CCC1NC(C)C. The van der Waals surface area contributed by atoms with Crippen molar-refractivity contribution in [1.82, 2.24) is 5.32 Å². The van der Waals surface area contributed by atoms with E-state index in [0.29, 0.717) is 12.1 Å². The zero-order chi connectivity index (χ0) is 8.43. The van der Waals surface area contributed by atoms with E-state index in [2.05, 4.69) is 32.7 Å². The molecule has 64 valence electrons. The van der Waals surface area contributed by atoms with Crippen molar-refractivity contribution in [1.29, 1.82) is 0 Å². The molecule has 0 aromatic heterocycles. The van der Waals surface area contributed by atoms with E-state index < -0.39 is 0 Å². The van der Waals surface area contributed by atoms with E-state index in [1.165, 1.54) is 18.4 Å². The van der Waals surface area contributed by atoms with Crippen molar-refractivity contribution in [3.63, 3.8) is 0 Å². The summed E-state index contributed by atoms with van der Waals surface area (Å²) in [6, 6.07) is 1.17. The van der Waals surface area contributed by atoms with E-state index >= 15 is 0 Å². The van der Waals surface area contributed by atoms with Crippen LogP contribution in [0.25, 0.3) is 0 Å². The van der Waals surface area contributed by atoms with Crippen LogP contribution in [0.15, 0.2) is 12.2 Å². The van der Waals surface area contributed by atoms with Crippen molar-refractivity contribution in [2.75, 3.05) is 0 Å². The molecule has 0 radical (unpaired) electrons. The Morgan fingerprint density at radius 2 is 2.09 bits per heavy atom. The maximum atomic E-state index is 4.11. The molecule has 0 amide bonds. The van der Waals surface area contributed by atoms with E-state index in [4.69, 9.17) is 0 Å². The van der Waals surface area contributed by atoms with Gasteiger partial charge in [0.2, 0.25) is 0 Å². The third-order valence-corrected chi connectivity index (χ3v) is 2.50. The first-order chi connectivity index (χ1) is 5.11. The Labute approximate surface area is 69.9 Å². The van der Waals surface area contributed by atoms with Gasteiger partial charge in [-0.1, -0.05) is 32.9 Å². The lowest BCUT2D eigenvalue weighted by Gasteiger charge is -2.17. The molecule has 1 aliphatic carbocycles. The predicted octanol–water partition coefficient (Wildman–Crippen LogP) is 2.34. The average molecular weight is 153 g/mol. The molecule has 0 heterocycles. The number of hydrogen-bond acceptors (Lipinski definition) is 1. The Kier molecular flexibility index (Phi) is 2.72. The Hall–Kier alpha value is -0.300. The van der Waals surface area contributed by atoms with Gasteiger partial charge in [-0.2, -0.15) is 0 Å². The molecule has 0 spiro atoms. The number of nitrogens with one attached hydrogen (secondary N) is 1. The van der Waals surface area contributed by atoms with Gasteiger partial charge in [-0.05, 0) is 18.8 Å². The van der Waals surface area contributed by atoms with Crippen LogP contribution in [-0.2, 0) is 0 Å². The molecule has 1 saturated carbocycles. The predicted molar refractivity (Wildman–Crippen MR) is 49.6 cm³/mol. The molecule has 2 unspecified atom stereocenters. The highest BCUT2D eigenvalue weighted by molar-refractivity contribution is 5.14. The monoisotopic (exact) mass is 153 g/mol. The van der Waals surface area contributed by atoms with E-state index in [-0.39, 0.29) is 0 Å². The fraction of sp³-hybridized carbons (Fsp3) is 0.800. The van der Waals surface area contributed by atoms with Crippen LogP contribution in [-0.4, -0.2) is 12.1 Å². The van der Waals surface area contributed by atoms with Gasteiger partial charge in [0, 0.05) is 12.1 Å². The highest BCUT2D eigenvalue weighted by Gasteiger charge is 2.25. The van der Waals surface area contributed by atoms with Crippen molar-refractivity contribution in [2.45, 2.75) is 45.7 Å². The Balaban J connectivity index is 2.42. The fourth-order valence-electron chi connectivity index (χ4n) is 1.72. The van der Waals surface area contributed by atoms with Crippen LogP contribution in [0.5, 0.6) is 0 Å². The van der Waals surface area contributed by atoms with Crippen molar-refractivity contribution in [2.24, 2.45) is 5.92 Å². The van der Waals surface area contributed by atoms with Gasteiger partial charge in [-0.15, -0.1) is 0 Å². The minimum Gasteiger partial charge on any atom is -0.308 e. The number of hydrogen-bond donors (Lipinski definition) is 1. The second kappa shape index (κ2) is 3.40. The average Bonchev–Trinajstić information content (AvgIpc) is 2.18. The molecule has 1 aliphatic rings. The van der Waals surface area contributed by atoms with Gasteiger partial charge in [0.05, 0.1) is 0 Å². The zero-order valence-corrected chi connectivity index (χ0v) is 7.85. The first-order valence-corrected chi connectivity index (χ1v) is 4.56. The molecule has 11 heavy (non-hydrogen) atoms. The molecular formula is C10H19N. The van der Waals surface area contributed by atoms with Crippen LogP contribution in [0, 0.1) is 5.92 Å². The van der Waals surface area contributed by atoms with Gasteiger partial charge in [0.15, 0.2) is 0 Å². The van der Waals surface area contributed by atoms with Crippen molar-refractivity contribution < 1.29 is 0 Å². The maximum absolute atomic E-state index is 4.11. The quantitative estimate of drug-likeness (QED) is 0.600. The first kappa shape index (κ1) is 8.79. The molecule has 1 heteroatoms. The summed E-state index contributed by atoms with van der Waals surface area (Å²) in [5.74, 6) is 0.728. The summed E-state index contributed by atoms with van der Waals surface area (Å²) < 4.78 is 0. The summed E-state index contributed by atoms with van der Waals surface area (Å²) in [5.41, 5.74) is 1.40. The largest absolute Gasteiger partial charge is 0.308 e. The standard InChI is InChI=1S/C10H19N/c1-7(2)11-10-6-5-8(3)9(10)4/h7-8,10-11H,4-6H2,1-3H3. The summed E-state index contributed by atoms with van der Waals surface area (Å²) in [7, 11) is 0. The van der Waals surface area contributed by atoms with Crippen LogP contribution < -0.4 is 5.32 Å². The highest BCUT2D eigenvalue weighted by atomic mass is 14.9. The maximum Gasteiger partial charge on any atom is 0.0281 e. The molecule has 1 N–H and O–H groups in total. The molecule has 1 nitrogen and oxygen atoms in total. The van der Waals surface area contributed by atoms with E-state index in [0.717, 1.165) is 5.92 Å². The molecule has 0 bridgehead atoms. The van der Waals surface area contributed by atoms with Crippen molar-refractivity contribution >= 4 is 0 Å². The van der Waals surface area contributed by atoms with Gasteiger partial charge in [-0.25, -0.2) is 0 Å². The van der Waals surface area contributed by atoms with Crippen LogP contribution in [0.3, 0.4) is 0 Å². The highest BCUT2D eigenvalue weighted by Crippen LogP contribution is 2.29. The Morgan fingerprint density at radius 1 is 1.45 bits per heavy atom. The van der Waals surface area contributed by atoms with E-state index in [1.54, 1.807) is 0 Å². The van der Waals surface area contributed by atoms with E-state index in [9.17, 15) is 0 Å². The first-order valence-electron chi connectivity index (χ1n) is 4.56. The molecular weight excluding hydrogens is 134 g/mol. The minimum absolute atomic E-state index is 0.585. The molecule has 1 rings (SSSR count). The molecule has 0 aliphatic heterocycles. The Morgan fingerprint density at radius 3 is 2.45 bits per heavy atom. The Bertz CT molecular complexity index is 149. The molecule has 0 aromatic carbocycles. The lowest BCUT2D eigenvalue weighted by molar-refractivity contribution is 0.513. The summed E-state index contributed by atoms with van der Waals surface area (Å²) in [5, 5.41) is 3.52. The number of rotatable bonds is 2. The van der Waals surface area contributed by atoms with Gasteiger partial charge in [0.25, 0.3) is 0 Å². The van der Waals surface area contributed by atoms with Crippen molar-refractivity contribution in [3.05, 3.63) is 12.2 Å². The van der Waals surface area contributed by atoms with Gasteiger partial charge in [0.1, 0.15) is 0 Å². The summed E-state index contributed by atoms with van der Waals surface area (Å²) >= 11 is 0.